The van der Waals surface area contributed by atoms with Crippen molar-refractivity contribution < 1.29 is 9.47 Å². The summed E-state index contributed by atoms with van der Waals surface area (Å²) in [5.74, 6) is 1.59. The number of methoxy groups -OCH3 is 1. The van der Waals surface area contributed by atoms with Crippen LogP contribution in [0.2, 0.25) is 0 Å². The Morgan fingerprint density at radius 1 is 1.20 bits per heavy atom. The molecule has 4 heteroatoms. The number of benzene rings is 2. The van der Waals surface area contributed by atoms with Gasteiger partial charge in [-0.25, -0.2) is 0 Å². The Labute approximate surface area is 126 Å². The van der Waals surface area contributed by atoms with Gasteiger partial charge in [-0.3, -0.25) is 0 Å². The molecule has 0 saturated carbocycles. The van der Waals surface area contributed by atoms with Crippen LogP contribution >= 0.6 is 15.9 Å². The molecule has 3 nitrogen and oxygen atoms in total. The summed E-state index contributed by atoms with van der Waals surface area (Å²) in [6.07, 6.45) is 0.724. The Bertz CT molecular complexity index is 630. The van der Waals surface area contributed by atoms with Crippen LogP contribution in [-0.2, 0) is 0 Å². The highest BCUT2D eigenvalue weighted by Crippen LogP contribution is 2.42. The number of fused-ring (bicyclic) bond motifs is 1. The standard InChI is InChI=1S/C16H16BrNO2/c1-19-10-6-7-12-14(18)9-16(20-15(12)8-10)11-4-2-3-5-13(11)17/h2-8,14,16H,9,18H2,1H3/t14-,16?/m1/s1. The SMILES string of the molecule is COc1ccc2c(c1)OC(c1ccccc1Br)C[C@H]2N. The third kappa shape index (κ3) is 2.41. The minimum Gasteiger partial charge on any atom is -0.497 e. The Morgan fingerprint density at radius 3 is 2.75 bits per heavy atom. The van der Waals surface area contributed by atoms with E-state index >= 15 is 0 Å². The maximum absolute atomic E-state index is 6.28. The highest BCUT2D eigenvalue weighted by atomic mass is 79.9. The third-order valence-electron chi connectivity index (χ3n) is 3.61. The maximum Gasteiger partial charge on any atom is 0.128 e. The number of rotatable bonds is 2. The van der Waals surface area contributed by atoms with Gasteiger partial charge in [-0.2, -0.15) is 0 Å². The molecule has 104 valence electrons. The molecular formula is C16H16BrNO2. The van der Waals surface area contributed by atoms with Crippen molar-refractivity contribution in [2.24, 2.45) is 5.73 Å². The van der Waals surface area contributed by atoms with Crippen LogP contribution in [0.3, 0.4) is 0 Å². The van der Waals surface area contributed by atoms with Crippen LogP contribution in [0.25, 0.3) is 0 Å². The zero-order chi connectivity index (χ0) is 14.1. The highest BCUT2D eigenvalue weighted by molar-refractivity contribution is 9.10. The molecule has 1 aliphatic heterocycles. The van der Waals surface area contributed by atoms with Crippen LogP contribution in [-0.4, -0.2) is 7.11 Å². The highest BCUT2D eigenvalue weighted by Gasteiger charge is 2.28. The minimum atomic E-state index is -0.0415. The molecule has 3 rings (SSSR count). The van der Waals surface area contributed by atoms with Gasteiger partial charge in [-0.1, -0.05) is 40.2 Å². The first kappa shape index (κ1) is 13.5. The van der Waals surface area contributed by atoms with Gasteiger partial charge in [-0.15, -0.1) is 0 Å². The molecule has 2 aromatic rings. The van der Waals surface area contributed by atoms with Crippen LogP contribution in [0.4, 0.5) is 0 Å². The maximum atomic E-state index is 6.28. The van der Waals surface area contributed by atoms with E-state index in [1.807, 2.05) is 36.4 Å². The van der Waals surface area contributed by atoms with Crippen LogP contribution < -0.4 is 15.2 Å². The van der Waals surface area contributed by atoms with Crippen molar-refractivity contribution in [3.05, 3.63) is 58.1 Å². The second kappa shape index (κ2) is 5.46. The number of nitrogens with two attached hydrogens (primary N) is 1. The smallest absolute Gasteiger partial charge is 0.128 e. The lowest BCUT2D eigenvalue weighted by Crippen LogP contribution is -2.24. The fourth-order valence-corrected chi connectivity index (χ4v) is 3.08. The average molecular weight is 334 g/mol. The van der Waals surface area contributed by atoms with Crippen molar-refractivity contribution in [1.29, 1.82) is 0 Å². The van der Waals surface area contributed by atoms with E-state index in [4.69, 9.17) is 15.2 Å². The first-order valence-electron chi connectivity index (χ1n) is 6.53. The predicted octanol–water partition coefficient (Wildman–Crippen LogP) is 3.98. The molecule has 1 heterocycles. The fraction of sp³-hybridized carbons (Fsp3) is 0.250. The van der Waals surface area contributed by atoms with Gasteiger partial charge in [0.15, 0.2) is 0 Å². The van der Waals surface area contributed by atoms with Gasteiger partial charge in [0.05, 0.1) is 7.11 Å². The molecule has 0 aliphatic carbocycles. The van der Waals surface area contributed by atoms with Gasteiger partial charge < -0.3 is 15.2 Å². The molecule has 0 amide bonds. The average Bonchev–Trinajstić information content (AvgIpc) is 2.47. The molecule has 0 fully saturated rings. The van der Waals surface area contributed by atoms with Crippen LogP contribution in [0.15, 0.2) is 46.9 Å². The summed E-state index contributed by atoms with van der Waals surface area (Å²) >= 11 is 3.57. The Balaban J connectivity index is 1.97. The fourth-order valence-electron chi connectivity index (χ4n) is 2.54. The number of hydrogen-bond acceptors (Lipinski definition) is 3. The second-order valence-electron chi connectivity index (χ2n) is 4.87. The number of ether oxygens (including phenoxy) is 2. The molecule has 20 heavy (non-hydrogen) atoms. The van der Waals surface area contributed by atoms with E-state index < -0.39 is 0 Å². The zero-order valence-corrected chi connectivity index (χ0v) is 12.8. The summed E-state index contributed by atoms with van der Waals surface area (Å²) < 4.78 is 12.4. The minimum absolute atomic E-state index is 0.0261. The van der Waals surface area contributed by atoms with Crippen molar-refractivity contribution in [3.8, 4) is 11.5 Å². The topological polar surface area (TPSA) is 44.5 Å². The van der Waals surface area contributed by atoms with Gasteiger partial charge >= 0.3 is 0 Å². The van der Waals surface area contributed by atoms with Gasteiger partial charge in [0.25, 0.3) is 0 Å². The van der Waals surface area contributed by atoms with E-state index in [0.717, 1.165) is 33.5 Å². The Hall–Kier alpha value is -1.52. The summed E-state index contributed by atoms with van der Waals surface area (Å²) in [6.45, 7) is 0. The monoisotopic (exact) mass is 333 g/mol. The van der Waals surface area contributed by atoms with Gasteiger partial charge in [0, 0.05) is 34.1 Å². The van der Waals surface area contributed by atoms with Gasteiger partial charge in [0.1, 0.15) is 17.6 Å². The summed E-state index contributed by atoms with van der Waals surface area (Å²) in [5.41, 5.74) is 8.44. The summed E-state index contributed by atoms with van der Waals surface area (Å²) in [7, 11) is 1.65. The molecule has 0 radical (unpaired) electrons. The molecule has 1 aliphatic rings. The second-order valence-corrected chi connectivity index (χ2v) is 5.73. The quantitative estimate of drug-likeness (QED) is 0.903. The third-order valence-corrected chi connectivity index (χ3v) is 4.33. The lowest BCUT2D eigenvalue weighted by molar-refractivity contribution is 0.160. The van der Waals surface area contributed by atoms with E-state index in [1.54, 1.807) is 7.11 Å². The van der Waals surface area contributed by atoms with E-state index in [9.17, 15) is 0 Å². The van der Waals surface area contributed by atoms with Crippen LogP contribution in [0.5, 0.6) is 11.5 Å². The summed E-state index contributed by atoms with van der Waals surface area (Å²) in [4.78, 5) is 0. The molecule has 0 spiro atoms. The van der Waals surface area contributed by atoms with Crippen LogP contribution in [0.1, 0.15) is 29.7 Å². The number of hydrogen-bond donors (Lipinski definition) is 1. The number of halogens is 1. The predicted molar refractivity (Wildman–Crippen MR) is 82.1 cm³/mol. The molecule has 0 saturated heterocycles. The van der Waals surface area contributed by atoms with Crippen molar-refractivity contribution in [1.82, 2.24) is 0 Å². The molecule has 2 aromatic carbocycles. The molecule has 2 N–H and O–H groups in total. The molecule has 0 bridgehead atoms. The van der Waals surface area contributed by atoms with E-state index in [2.05, 4.69) is 22.0 Å². The lowest BCUT2D eigenvalue weighted by atomic mass is 9.93. The van der Waals surface area contributed by atoms with E-state index in [-0.39, 0.29) is 12.1 Å². The van der Waals surface area contributed by atoms with Crippen molar-refractivity contribution in [2.75, 3.05) is 7.11 Å². The molecule has 0 aromatic heterocycles. The molecule has 1 unspecified atom stereocenters. The normalized spacial score (nSPS) is 20.9. The largest absolute Gasteiger partial charge is 0.497 e. The van der Waals surface area contributed by atoms with Gasteiger partial charge in [-0.05, 0) is 12.1 Å². The van der Waals surface area contributed by atoms with Crippen molar-refractivity contribution in [3.63, 3.8) is 0 Å². The molecule has 2 atom stereocenters. The summed E-state index contributed by atoms with van der Waals surface area (Å²) in [5, 5.41) is 0. The summed E-state index contributed by atoms with van der Waals surface area (Å²) in [6, 6.07) is 13.9. The van der Waals surface area contributed by atoms with E-state index in [0.29, 0.717) is 0 Å². The van der Waals surface area contributed by atoms with Gasteiger partial charge in [0.2, 0.25) is 0 Å². The lowest BCUT2D eigenvalue weighted by Gasteiger charge is -2.31. The first-order chi connectivity index (χ1) is 9.69. The Kier molecular flexibility index (Phi) is 3.68. The van der Waals surface area contributed by atoms with Crippen molar-refractivity contribution in [2.45, 2.75) is 18.6 Å². The zero-order valence-electron chi connectivity index (χ0n) is 11.2. The molecular weight excluding hydrogens is 318 g/mol. The van der Waals surface area contributed by atoms with E-state index in [1.165, 1.54) is 0 Å². The van der Waals surface area contributed by atoms with Crippen molar-refractivity contribution >= 4 is 15.9 Å². The van der Waals surface area contributed by atoms with Crippen LogP contribution in [0, 0.1) is 0 Å². The Morgan fingerprint density at radius 2 is 2.00 bits per heavy atom. The first-order valence-corrected chi connectivity index (χ1v) is 7.33.